The maximum Gasteiger partial charge on any atom is 0.151 e. The molecule has 3 atom stereocenters. The first-order chi connectivity index (χ1) is 12.0. The summed E-state index contributed by atoms with van der Waals surface area (Å²) in [6.07, 6.45) is 17.8. The number of allylic oxidation sites excluding steroid dienone is 3. The van der Waals surface area contributed by atoms with Crippen molar-refractivity contribution in [1.29, 1.82) is 0 Å². The first-order valence-electron chi connectivity index (χ1n) is 9.70. The van der Waals surface area contributed by atoms with Crippen molar-refractivity contribution in [3.63, 3.8) is 0 Å². The second kappa shape index (κ2) is 16.3. The molecule has 0 spiro atoms. The molecule has 0 bridgehead atoms. The minimum absolute atomic E-state index is 0.0420. The predicted octanol–water partition coefficient (Wildman–Crippen LogP) is 1.49. The number of carboxylic acids is 1. The molecular formula is C20H37NO4. The van der Waals surface area contributed by atoms with Gasteiger partial charge in [-0.15, -0.1) is 0 Å². The van der Waals surface area contributed by atoms with Gasteiger partial charge in [0.05, 0.1) is 6.10 Å². The molecule has 0 rings (SSSR count). The molecule has 0 amide bonds. The second-order valence-corrected chi connectivity index (χ2v) is 6.68. The van der Waals surface area contributed by atoms with E-state index in [9.17, 15) is 20.1 Å². The minimum Gasteiger partial charge on any atom is -0.544 e. The van der Waals surface area contributed by atoms with Crippen LogP contribution in [-0.4, -0.2) is 34.4 Å². The van der Waals surface area contributed by atoms with Crippen LogP contribution >= 0.6 is 0 Å². The van der Waals surface area contributed by atoms with Gasteiger partial charge in [0.25, 0.3) is 0 Å². The van der Waals surface area contributed by atoms with Gasteiger partial charge in [-0.3, -0.25) is 0 Å². The quantitative estimate of drug-likeness (QED) is 0.288. The van der Waals surface area contributed by atoms with Crippen LogP contribution in [0.25, 0.3) is 0 Å². The van der Waals surface area contributed by atoms with Crippen LogP contribution in [0.5, 0.6) is 0 Å². The molecule has 0 heterocycles. The van der Waals surface area contributed by atoms with Gasteiger partial charge in [-0.05, 0) is 38.5 Å². The first kappa shape index (κ1) is 23.8. The number of hydrogen-bond donors (Lipinski definition) is 3. The smallest absolute Gasteiger partial charge is 0.151 e. The summed E-state index contributed by atoms with van der Waals surface area (Å²) >= 11 is 0. The fourth-order valence-electron chi connectivity index (χ4n) is 2.53. The van der Waals surface area contributed by atoms with E-state index in [-0.39, 0.29) is 6.42 Å². The third-order valence-electron chi connectivity index (χ3n) is 4.24. The van der Waals surface area contributed by atoms with Crippen molar-refractivity contribution in [2.45, 2.75) is 95.8 Å². The van der Waals surface area contributed by atoms with E-state index in [4.69, 9.17) is 0 Å². The number of carbonyl (C=O) groups is 1. The van der Waals surface area contributed by atoms with Gasteiger partial charge < -0.3 is 25.8 Å². The number of aliphatic hydroxyl groups excluding tert-OH is 2. The van der Waals surface area contributed by atoms with Crippen molar-refractivity contribution >= 4 is 5.97 Å². The molecule has 25 heavy (non-hydrogen) atoms. The van der Waals surface area contributed by atoms with Crippen LogP contribution in [0, 0.1) is 0 Å². The van der Waals surface area contributed by atoms with Crippen LogP contribution in [0.2, 0.25) is 0 Å². The Kier molecular flexibility index (Phi) is 15.5. The van der Waals surface area contributed by atoms with Crippen molar-refractivity contribution in [2.24, 2.45) is 0 Å². The van der Waals surface area contributed by atoms with E-state index in [1.807, 2.05) is 6.08 Å². The van der Waals surface area contributed by atoms with Gasteiger partial charge in [-0.25, -0.2) is 0 Å². The lowest BCUT2D eigenvalue weighted by atomic mass is 10.0. The average molecular weight is 356 g/mol. The molecule has 0 saturated heterocycles. The lowest BCUT2D eigenvalue weighted by molar-refractivity contribution is -0.452. The number of carboxylic acid groups (broad SMARTS) is 1. The van der Waals surface area contributed by atoms with E-state index in [0.29, 0.717) is 0 Å². The van der Waals surface area contributed by atoms with E-state index in [0.717, 1.165) is 25.7 Å². The Bertz CT molecular complexity index is 382. The summed E-state index contributed by atoms with van der Waals surface area (Å²) in [4.78, 5) is 10.6. The third-order valence-corrected chi connectivity index (χ3v) is 4.24. The maximum atomic E-state index is 10.6. The fraction of sp³-hybridized carbons (Fsp3) is 0.750. The number of unbranched alkanes of at least 4 members (excludes halogenated alkanes) is 8. The van der Waals surface area contributed by atoms with E-state index in [1.165, 1.54) is 38.5 Å². The number of aliphatic hydroxyl groups is 2. The van der Waals surface area contributed by atoms with Crippen LogP contribution in [-0.2, 0) is 4.79 Å². The minimum atomic E-state index is -1.40. The van der Waals surface area contributed by atoms with Crippen molar-refractivity contribution in [1.82, 2.24) is 0 Å². The molecule has 5 N–H and O–H groups in total. The standard InChI is InChI=1S/C20H37NO4/c1-2-3-4-5-6-7-8-9-10-11-12-13-14-15-17(22)16-18(23)19(21)20(24)25/h8-9,14-15,17-19,22-23H,2-7,10-13,16,21H2,1H3,(H,24,25)/b9-8+,15-14+/t17-,18-,19-/m0/s1. The highest BCUT2D eigenvalue weighted by atomic mass is 16.4. The molecule has 0 aromatic rings. The molecule has 0 saturated carbocycles. The topological polar surface area (TPSA) is 108 Å². The number of rotatable bonds is 16. The van der Waals surface area contributed by atoms with Gasteiger partial charge in [0.2, 0.25) is 0 Å². The lowest BCUT2D eigenvalue weighted by Gasteiger charge is -2.17. The average Bonchev–Trinajstić information content (AvgIpc) is 2.58. The fourth-order valence-corrected chi connectivity index (χ4v) is 2.53. The van der Waals surface area contributed by atoms with Gasteiger partial charge >= 0.3 is 0 Å². The molecule has 0 aromatic carbocycles. The number of hydrogen-bond acceptors (Lipinski definition) is 4. The zero-order valence-corrected chi connectivity index (χ0v) is 15.7. The molecule has 5 nitrogen and oxygen atoms in total. The van der Waals surface area contributed by atoms with Gasteiger partial charge in [-0.1, -0.05) is 56.9 Å². The molecule has 146 valence electrons. The summed E-state index contributed by atoms with van der Waals surface area (Å²) in [5.74, 6) is -1.40. The van der Waals surface area contributed by atoms with Gasteiger partial charge in [0.15, 0.2) is 6.04 Å². The molecule has 0 unspecified atom stereocenters. The SMILES string of the molecule is CCCCCCC/C=C/CCCC/C=C/[C@H](O)C[C@H](O)[C@H]([NH3+])C(=O)[O-]. The summed E-state index contributed by atoms with van der Waals surface area (Å²) in [6.45, 7) is 2.23. The molecular weight excluding hydrogens is 318 g/mol. The summed E-state index contributed by atoms with van der Waals surface area (Å²) in [7, 11) is 0. The van der Waals surface area contributed by atoms with Crippen LogP contribution < -0.4 is 10.8 Å². The molecule has 0 aliphatic heterocycles. The van der Waals surface area contributed by atoms with Gasteiger partial charge in [0, 0.05) is 6.42 Å². The molecule has 5 heteroatoms. The van der Waals surface area contributed by atoms with E-state index < -0.39 is 24.2 Å². The molecule has 0 radical (unpaired) electrons. The van der Waals surface area contributed by atoms with Crippen LogP contribution in [0.3, 0.4) is 0 Å². The highest BCUT2D eigenvalue weighted by molar-refractivity contribution is 5.69. The lowest BCUT2D eigenvalue weighted by Crippen LogP contribution is -2.73. The molecule has 0 fully saturated rings. The van der Waals surface area contributed by atoms with Crippen LogP contribution in [0.4, 0.5) is 0 Å². The van der Waals surface area contributed by atoms with E-state index >= 15 is 0 Å². The Morgan fingerprint density at radius 3 is 2.04 bits per heavy atom. The summed E-state index contributed by atoms with van der Waals surface area (Å²) in [5, 5.41) is 29.9. The molecule has 0 aromatic heterocycles. The normalized spacial score (nSPS) is 15.7. The molecule has 0 aliphatic rings. The number of quaternary nitrogens is 1. The Morgan fingerprint density at radius 2 is 1.48 bits per heavy atom. The van der Waals surface area contributed by atoms with Crippen molar-refractivity contribution < 1.29 is 25.8 Å². The van der Waals surface area contributed by atoms with Gasteiger partial charge in [-0.2, -0.15) is 0 Å². The predicted molar refractivity (Wildman–Crippen MR) is 98.4 cm³/mol. The Morgan fingerprint density at radius 1 is 0.960 bits per heavy atom. The van der Waals surface area contributed by atoms with Crippen molar-refractivity contribution in [3.05, 3.63) is 24.3 Å². The zero-order chi connectivity index (χ0) is 18.9. The Balaban J connectivity index is 3.57. The van der Waals surface area contributed by atoms with E-state index in [1.54, 1.807) is 6.08 Å². The Hall–Kier alpha value is -1.17. The van der Waals surface area contributed by atoms with Crippen LogP contribution in [0.15, 0.2) is 24.3 Å². The Labute approximate surface area is 152 Å². The number of aliphatic carboxylic acids is 1. The second-order valence-electron chi connectivity index (χ2n) is 6.68. The first-order valence-corrected chi connectivity index (χ1v) is 9.70. The zero-order valence-electron chi connectivity index (χ0n) is 15.7. The van der Waals surface area contributed by atoms with Gasteiger partial charge in [0.1, 0.15) is 12.1 Å². The molecule has 0 aliphatic carbocycles. The summed E-state index contributed by atoms with van der Waals surface area (Å²) in [5.41, 5.74) is 3.31. The summed E-state index contributed by atoms with van der Waals surface area (Å²) in [6, 6.07) is -1.22. The van der Waals surface area contributed by atoms with Crippen molar-refractivity contribution in [3.8, 4) is 0 Å². The maximum absolute atomic E-state index is 10.6. The van der Waals surface area contributed by atoms with Crippen molar-refractivity contribution in [2.75, 3.05) is 0 Å². The monoisotopic (exact) mass is 355 g/mol. The highest BCUT2D eigenvalue weighted by Gasteiger charge is 2.21. The highest BCUT2D eigenvalue weighted by Crippen LogP contribution is 2.08. The third kappa shape index (κ3) is 14.8. The largest absolute Gasteiger partial charge is 0.544 e. The summed E-state index contributed by atoms with van der Waals surface area (Å²) < 4.78 is 0. The van der Waals surface area contributed by atoms with Crippen LogP contribution in [0.1, 0.15) is 77.6 Å². The van der Waals surface area contributed by atoms with E-state index in [2.05, 4.69) is 24.8 Å². The number of carbonyl (C=O) groups excluding carboxylic acids is 1.